The molecule has 0 aliphatic carbocycles. The molecule has 0 aromatic heterocycles. The van der Waals surface area contributed by atoms with Crippen LogP contribution in [-0.2, 0) is 9.53 Å². The molecule has 2 rings (SSSR count). The van der Waals surface area contributed by atoms with Crippen molar-refractivity contribution >= 4 is 5.91 Å². The molecule has 2 N–H and O–H groups in total. The van der Waals surface area contributed by atoms with E-state index in [1.54, 1.807) is 7.11 Å². The number of amides is 1. The van der Waals surface area contributed by atoms with E-state index < -0.39 is 0 Å². The van der Waals surface area contributed by atoms with Gasteiger partial charge in [-0.1, -0.05) is 0 Å². The molecular weight excluding hydrogens is 254 g/mol. The van der Waals surface area contributed by atoms with Gasteiger partial charge in [0.1, 0.15) is 0 Å². The Morgan fingerprint density at radius 1 is 1.45 bits per heavy atom. The molecule has 20 heavy (non-hydrogen) atoms. The maximum atomic E-state index is 12.0. The summed E-state index contributed by atoms with van der Waals surface area (Å²) in [5, 5.41) is 6.38. The first-order chi connectivity index (χ1) is 9.70. The van der Waals surface area contributed by atoms with E-state index in [2.05, 4.69) is 22.5 Å². The first-order valence-electron chi connectivity index (χ1n) is 7.94. The summed E-state index contributed by atoms with van der Waals surface area (Å²) in [5.74, 6) is 0.762. The number of rotatable bonds is 6. The monoisotopic (exact) mass is 283 g/mol. The van der Waals surface area contributed by atoms with Crippen molar-refractivity contribution in [2.45, 2.75) is 44.7 Å². The predicted molar refractivity (Wildman–Crippen MR) is 79.7 cm³/mol. The zero-order valence-corrected chi connectivity index (χ0v) is 12.9. The molecule has 0 aromatic rings. The van der Waals surface area contributed by atoms with Crippen LogP contribution in [0, 0.1) is 5.92 Å². The largest absolute Gasteiger partial charge is 0.383 e. The lowest BCUT2D eigenvalue weighted by Gasteiger charge is -2.36. The summed E-state index contributed by atoms with van der Waals surface area (Å²) in [6.07, 6.45) is 4.53. The molecule has 116 valence electrons. The fraction of sp³-hybridized carbons (Fsp3) is 0.933. The third kappa shape index (κ3) is 4.43. The summed E-state index contributed by atoms with van der Waals surface area (Å²) in [6.45, 7) is 7.01. The van der Waals surface area contributed by atoms with Crippen molar-refractivity contribution in [3.05, 3.63) is 0 Å². The van der Waals surface area contributed by atoms with Gasteiger partial charge in [-0.25, -0.2) is 0 Å². The van der Waals surface area contributed by atoms with Gasteiger partial charge >= 0.3 is 0 Å². The summed E-state index contributed by atoms with van der Waals surface area (Å²) in [5.41, 5.74) is 0. The highest BCUT2D eigenvalue weighted by Crippen LogP contribution is 2.18. The Morgan fingerprint density at radius 2 is 2.30 bits per heavy atom. The van der Waals surface area contributed by atoms with Crippen LogP contribution in [0.5, 0.6) is 0 Å². The number of carbonyl (C=O) groups is 1. The molecule has 2 heterocycles. The third-order valence-electron chi connectivity index (χ3n) is 4.52. The summed E-state index contributed by atoms with van der Waals surface area (Å²) >= 11 is 0. The van der Waals surface area contributed by atoms with E-state index in [9.17, 15) is 4.79 Å². The zero-order chi connectivity index (χ0) is 14.4. The van der Waals surface area contributed by atoms with E-state index >= 15 is 0 Å². The predicted octanol–water partition coefficient (Wildman–Crippen LogP) is 0.602. The minimum Gasteiger partial charge on any atom is -0.383 e. The molecule has 3 unspecified atom stereocenters. The van der Waals surface area contributed by atoms with Crippen LogP contribution < -0.4 is 10.6 Å². The van der Waals surface area contributed by atoms with Crippen LogP contribution in [0.4, 0.5) is 0 Å². The van der Waals surface area contributed by atoms with Gasteiger partial charge in [0.15, 0.2) is 0 Å². The van der Waals surface area contributed by atoms with Gasteiger partial charge in [0, 0.05) is 26.2 Å². The van der Waals surface area contributed by atoms with E-state index in [1.165, 1.54) is 12.8 Å². The van der Waals surface area contributed by atoms with Crippen LogP contribution in [0.1, 0.15) is 32.6 Å². The van der Waals surface area contributed by atoms with Crippen molar-refractivity contribution in [3.63, 3.8) is 0 Å². The number of nitrogens with one attached hydrogen (secondary N) is 2. The number of piperidine rings is 1. The Labute approximate surface area is 122 Å². The normalized spacial score (nSPS) is 29.3. The number of nitrogens with zero attached hydrogens (tertiary/aromatic N) is 1. The lowest BCUT2D eigenvalue weighted by Crippen LogP contribution is -2.48. The minimum atomic E-state index is 0.0436. The third-order valence-corrected chi connectivity index (χ3v) is 4.52. The molecule has 2 fully saturated rings. The summed E-state index contributed by atoms with van der Waals surface area (Å²) in [6, 6.07) is 0.511. The lowest BCUT2D eigenvalue weighted by atomic mass is 9.96. The van der Waals surface area contributed by atoms with Crippen LogP contribution >= 0.6 is 0 Å². The van der Waals surface area contributed by atoms with Crippen molar-refractivity contribution in [3.8, 4) is 0 Å². The molecule has 0 spiro atoms. The molecule has 3 atom stereocenters. The number of methoxy groups -OCH3 is 1. The van der Waals surface area contributed by atoms with Gasteiger partial charge in [0.05, 0.1) is 12.6 Å². The topological polar surface area (TPSA) is 53.6 Å². The van der Waals surface area contributed by atoms with Crippen LogP contribution in [-0.4, -0.2) is 62.8 Å². The van der Waals surface area contributed by atoms with E-state index in [0.29, 0.717) is 12.0 Å². The number of ether oxygens (including phenoxy) is 1. The summed E-state index contributed by atoms with van der Waals surface area (Å²) in [4.78, 5) is 14.5. The molecule has 2 saturated heterocycles. The van der Waals surface area contributed by atoms with Crippen LogP contribution in [0.25, 0.3) is 0 Å². The van der Waals surface area contributed by atoms with Crippen molar-refractivity contribution in [2.24, 2.45) is 5.92 Å². The van der Waals surface area contributed by atoms with Gasteiger partial charge in [0.25, 0.3) is 0 Å². The molecule has 2 aliphatic rings. The van der Waals surface area contributed by atoms with E-state index in [0.717, 1.165) is 45.6 Å². The highest BCUT2D eigenvalue weighted by Gasteiger charge is 2.26. The maximum Gasteiger partial charge on any atom is 0.237 e. The smallest absolute Gasteiger partial charge is 0.237 e. The first-order valence-corrected chi connectivity index (χ1v) is 7.94. The Balaban J connectivity index is 1.71. The standard InChI is InChI=1S/C15H29N3O2/c1-12(11-20-2)18-8-4-5-13(10-18)9-17-15(19)14-6-3-7-16-14/h12-14,16H,3-11H2,1-2H3,(H,17,19). The molecule has 0 bridgehead atoms. The fourth-order valence-electron chi connectivity index (χ4n) is 3.29. The molecular formula is C15H29N3O2. The maximum absolute atomic E-state index is 12.0. The highest BCUT2D eigenvalue weighted by atomic mass is 16.5. The van der Waals surface area contributed by atoms with Crippen LogP contribution in [0.15, 0.2) is 0 Å². The quantitative estimate of drug-likeness (QED) is 0.749. The number of hydrogen-bond acceptors (Lipinski definition) is 4. The van der Waals surface area contributed by atoms with E-state index in [1.807, 2.05) is 0 Å². The Kier molecular flexibility index (Phi) is 6.26. The molecule has 5 heteroatoms. The minimum absolute atomic E-state index is 0.0436. The van der Waals surface area contributed by atoms with Crippen molar-refractivity contribution in [1.29, 1.82) is 0 Å². The molecule has 1 amide bonds. The molecule has 2 aliphatic heterocycles. The van der Waals surface area contributed by atoms with Crippen molar-refractivity contribution < 1.29 is 9.53 Å². The Hall–Kier alpha value is -0.650. The molecule has 5 nitrogen and oxygen atoms in total. The van der Waals surface area contributed by atoms with Crippen molar-refractivity contribution in [1.82, 2.24) is 15.5 Å². The van der Waals surface area contributed by atoms with Crippen LogP contribution in [0.3, 0.4) is 0 Å². The second-order valence-corrected chi connectivity index (χ2v) is 6.20. The van der Waals surface area contributed by atoms with Crippen molar-refractivity contribution in [2.75, 3.05) is 39.9 Å². The lowest BCUT2D eigenvalue weighted by molar-refractivity contribution is -0.123. The number of hydrogen-bond donors (Lipinski definition) is 2. The average molecular weight is 283 g/mol. The van der Waals surface area contributed by atoms with Gasteiger partial charge in [-0.05, 0) is 51.6 Å². The Bertz CT molecular complexity index is 305. The second-order valence-electron chi connectivity index (χ2n) is 6.20. The molecule has 0 radical (unpaired) electrons. The number of carbonyl (C=O) groups excluding carboxylic acids is 1. The Morgan fingerprint density at radius 3 is 3.00 bits per heavy atom. The highest BCUT2D eigenvalue weighted by molar-refractivity contribution is 5.81. The van der Waals surface area contributed by atoms with Gasteiger partial charge in [-0.15, -0.1) is 0 Å². The van der Waals surface area contributed by atoms with Gasteiger partial charge in [-0.2, -0.15) is 0 Å². The zero-order valence-electron chi connectivity index (χ0n) is 12.9. The molecule has 0 aromatic carbocycles. The SMILES string of the molecule is COCC(C)N1CCCC(CNC(=O)C2CCCN2)C1. The average Bonchev–Trinajstić information content (AvgIpc) is 2.99. The number of likely N-dealkylation sites (tertiary alicyclic amines) is 1. The fourth-order valence-corrected chi connectivity index (χ4v) is 3.29. The van der Waals surface area contributed by atoms with E-state index in [4.69, 9.17) is 4.74 Å². The van der Waals surface area contributed by atoms with Gasteiger partial charge in [-0.3, -0.25) is 9.69 Å². The van der Waals surface area contributed by atoms with Gasteiger partial charge in [0.2, 0.25) is 5.91 Å². The summed E-state index contributed by atoms with van der Waals surface area (Å²) < 4.78 is 5.24. The first kappa shape index (κ1) is 15.7. The second kappa shape index (κ2) is 7.96. The summed E-state index contributed by atoms with van der Waals surface area (Å²) in [7, 11) is 1.76. The van der Waals surface area contributed by atoms with E-state index in [-0.39, 0.29) is 11.9 Å². The van der Waals surface area contributed by atoms with Gasteiger partial charge < -0.3 is 15.4 Å². The van der Waals surface area contributed by atoms with Crippen LogP contribution in [0.2, 0.25) is 0 Å². The molecule has 0 saturated carbocycles.